The lowest BCUT2D eigenvalue weighted by molar-refractivity contribution is 0.227. The first-order valence-electron chi connectivity index (χ1n) is 4.88. The molecule has 2 nitrogen and oxygen atoms in total. The molecule has 2 rings (SSSR count). The Hall–Kier alpha value is -0.760. The maximum atomic E-state index is 5.53. The molecule has 1 aromatic heterocycles. The Bertz CT molecular complexity index is 295. The van der Waals surface area contributed by atoms with Crippen molar-refractivity contribution >= 4 is 0 Å². The summed E-state index contributed by atoms with van der Waals surface area (Å²) in [5.41, 5.74) is 1.60. The standard InChI is InChI=1S/C11H17NO/c1-11(2,3)10-9-8(4-6-12-10)5-7-13-9/h5,7,10,12H,4,6H2,1-3H3. The zero-order chi connectivity index (χ0) is 9.47. The van der Waals surface area contributed by atoms with Crippen LogP contribution >= 0.6 is 0 Å². The van der Waals surface area contributed by atoms with Crippen LogP contribution in [0.3, 0.4) is 0 Å². The van der Waals surface area contributed by atoms with Crippen LogP contribution in [0.2, 0.25) is 0 Å². The molecule has 0 fully saturated rings. The van der Waals surface area contributed by atoms with E-state index in [1.165, 1.54) is 5.56 Å². The summed E-state index contributed by atoms with van der Waals surface area (Å²) in [4.78, 5) is 0. The Kier molecular flexibility index (Phi) is 1.95. The minimum absolute atomic E-state index is 0.229. The highest BCUT2D eigenvalue weighted by Crippen LogP contribution is 2.36. The molecule has 2 heteroatoms. The zero-order valence-corrected chi connectivity index (χ0v) is 8.55. The average molecular weight is 179 g/mol. The first-order chi connectivity index (χ1) is 6.09. The molecule has 0 saturated carbocycles. The van der Waals surface area contributed by atoms with Gasteiger partial charge in [0.15, 0.2) is 0 Å². The lowest BCUT2D eigenvalue weighted by Crippen LogP contribution is -2.37. The first kappa shape index (κ1) is 8.82. The molecular weight excluding hydrogens is 162 g/mol. The van der Waals surface area contributed by atoms with E-state index in [9.17, 15) is 0 Å². The van der Waals surface area contributed by atoms with Gasteiger partial charge in [-0.2, -0.15) is 0 Å². The van der Waals surface area contributed by atoms with Crippen molar-refractivity contribution in [2.24, 2.45) is 5.41 Å². The van der Waals surface area contributed by atoms with Crippen LogP contribution in [0.4, 0.5) is 0 Å². The third-order valence-corrected chi connectivity index (χ3v) is 2.65. The molecule has 1 atom stereocenters. The van der Waals surface area contributed by atoms with Gasteiger partial charge in [-0.1, -0.05) is 20.8 Å². The van der Waals surface area contributed by atoms with Gasteiger partial charge >= 0.3 is 0 Å². The molecule has 1 aliphatic rings. The molecule has 1 aromatic rings. The van der Waals surface area contributed by atoms with Gasteiger partial charge in [0.1, 0.15) is 5.76 Å². The van der Waals surface area contributed by atoms with Crippen LogP contribution in [0.5, 0.6) is 0 Å². The molecule has 0 aromatic carbocycles. The van der Waals surface area contributed by atoms with Gasteiger partial charge in [-0.15, -0.1) is 0 Å². The van der Waals surface area contributed by atoms with E-state index < -0.39 is 0 Å². The fourth-order valence-corrected chi connectivity index (χ4v) is 1.95. The monoisotopic (exact) mass is 179 g/mol. The molecular formula is C11H17NO. The smallest absolute Gasteiger partial charge is 0.124 e. The second kappa shape index (κ2) is 2.88. The van der Waals surface area contributed by atoms with Crippen LogP contribution in [0.15, 0.2) is 16.7 Å². The minimum Gasteiger partial charge on any atom is -0.467 e. The molecule has 0 amide bonds. The van der Waals surface area contributed by atoms with E-state index in [-0.39, 0.29) is 5.41 Å². The van der Waals surface area contributed by atoms with Gasteiger partial charge in [-0.05, 0) is 30.0 Å². The normalized spacial score (nSPS) is 22.8. The molecule has 0 spiro atoms. The van der Waals surface area contributed by atoms with Crippen LogP contribution in [0.1, 0.15) is 38.1 Å². The Morgan fingerprint density at radius 2 is 2.23 bits per heavy atom. The summed E-state index contributed by atoms with van der Waals surface area (Å²) in [6.07, 6.45) is 2.90. The van der Waals surface area contributed by atoms with E-state index in [2.05, 4.69) is 32.2 Å². The van der Waals surface area contributed by atoms with Crippen molar-refractivity contribution in [2.45, 2.75) is 33.2 Å². The van der Waals surface area contributed by atoms with E-state index in [4.69, 9.17) is 4.42 Å². The van der Waals surface area contributed by atoms with Crippen LogP contribution in [0, 0.1) is 5.41 Å². The second-order valence-corrected chi connectivity index (χ2v) is 4.81. The second-order valence-electron chi connectivity index (χ2n) is 4.81. The number of hydrogen-bond acceptors (Lipinski definition) is 2. The fraction of sp³-hybridized carbons (Fsp3) is 0.636. The summed E-state index contributed by atoms with van der Waals surface area (Å²) in [6, 6.07) is 2.46. The Morgan fingerprint density at radius 1 is 1.46 bits per heavy atom. The summed E-state index contributed by atoms with van der Waals surface area (Å²) >= 11 is 0. The third-order valence-electron chi connectivity index (χ3n) is 2.65. The Labute approximate surface area is 79.3 Å². The highest BCUT2D eigenvalue weighted by atomic mass is 16.3. The van der Waals surface area contributed by atoms with E-state index in [0.29, 0.717) is 6.04 Å². The lowest BCUT2D eigenvalue weighted by Gasteiger charge is -2.33. The van der Waals surface area contributed by atoms with Crippen molar-refractivity contribution in [3.8, 4) is 0 Å². The molecule has 0 saturated heterocycles. The third kappa shape index (κ3) is 1.51. The topological polar surface area (TPSA) is 25.2 Å². The SMILES string of the molecule is CC(C)(C)C1NCCc2ccoc21. The van der Waals surface area contributed by atoms with E-state index in [0.717, 1.165) is 18.7 Å². The van der Waals surface area contributed by atoms with Crippen molar-refractivity contribution in [1.82, 2.24) is 5.32 Å². The average Bonchev–Trinajstić information content (AvgIpc) is 2.48. The van der Waals surface area contributed by atoms with E-state index >= 15 is 0 Å². The van der Waals surface area contributed by atoms with Gasteiger partial charge in [-0.3, -0.25) is 0 Å². The van der Waals surface area contributed by atoms with Crippen molar-refractivity contribution < 1.29 is 4.42 Å². The minimum atomic E-state index is 0.229. The van der Waals surface area contributed by atoms with Crippen molar-refractivity contribution in [3.63, 3.8) is 0 Å². The quantitative estimate of drug-likeness (QED) is 0.662. The highest BCUT2D eigenvalue weighted by Gasteiger charge is 2.32. The van der Waals surface area contributed by atoms with Crippen LogP contribution in [-0.4, -0.2) is 6.54 Å². The van der Waals surface area contributed by atoms with Gasteiger partial charge < -0.3 is 9.73 Å². The number of furan rings is 1. The molecule has 72 valence electrons. The fourth-order valence-electron chi connectivity index (χ4n) is 1.95. The molecule has 1 aliphatic heterocycles. The van der Waals surface area contributed by atoms with Gasteiger partial charge in [0.05, 0.1) is 12.3 Å². The molecule has 2 heterocycles. The maximum absolute atomic E-state index is 5.53. The van der Waals surface area contributed by atoms with E-state index in [1.807, 2.05) is 0 Å². The highest BCUT2D eigenvalue weighted by molar-refractivity contribution is 5.24. The number of rotatable bonds is 0. The summed E-state index contributed by atoms with van der Waals surface area (Å²) < 4.78 is 5.53. The summed E-state index contributed by atoms with van der Waals surface area (Å²) in [5.74, 6) is 1.14. The van der Waals surface area contributed by atoms with E-state index in [1.54, 1.807) is 6.26 Å². The summed E-state index contributed by atoms with van der Waals surface area (Å²) in [6.45, 7) is 7.78. The molecule has 0 radical (unpaired) electrons. The van der Waals surface area contributed by atoms with Gasteiger partial charge in [0.2, 0.25) is 0 Å². The van der Waals surface area contributed by atoms with Crippen molar-refractivity contribution in [3.05, 3.63) is 23.7 Å². The molecule has 1 unspecified atom stereocenters. The van der Waals surface area contributed by atoms with Crippen LogP contribution < -0.4 is 5.32 Å². The van der Waals surface area contributed by atoms with Crippen molar-refractivity contribution in [1.29, 1.82) is 0 Å². The largest absolute Gasteiger partial charge is 0.467 e. The first-order valence-corrected chi connectivity index (χ1v) is 4.88. The maximum Gasteiger partial charge on any atom is 0.124 e. The number of fused-ring (bicyclic) bond motifs is 1. The zero-order valence-electron chi connectivity index (χ0n) is 8.55. The molecule has 0 bridgehead atoms. The van der Waals surface area contributed by atoms with Crippen molar-refractivity contribution in [2.75, 3.05) is 6.54 Å². The Balaban J connectivity index is 2.35. The van der Waals surface area contributed by atoms with Crippen LogP contribution in [0.25, 0.3) is 0 Å². The van der Waals surface area contributed by atoms with Crippen LogP contribution in [-0.2, 0) is 6.42 Å². The predicted molar refractivity (Wildman–Crippen MR) is 52.6 cm³/mol. The molecule has 0 aliphatic carbocycles. The van der Waals surface area contributed by atoms with Gasteiger partial charge in [0.25, 0.3) is 0 Å². The summed E-state index contributed by atoms with van der Waals surface area (Å²) in [7, 11) is 0. The number of hydrogen-bond donors (Lipinski definition) is 1. The summed E-state index contributed by atoms with van der Waals surface area (Å²) in [5, 5.41) is 3.51. The Morgan fingerprint density at radius 3 is 2.92 bits per heavy atom. The lowest BCUT2D eigenvalue weighted by atomic mass is 9.82. The predicted octanol–water partition coefficient (Wildman–Crippen LogP) is 2.51. The van der Waals surface area contributed by atoms with Gasteiger partial charge in [0, 0.05) is 0 Å². The van der Waals surface area contributed by atoms with Gasteiger partial charge in [-0.25, -0.2) is 0 Å². The molecule has 13 heavy (non-hydrogen) atoms. The molecule has 1 N–H and O–H groups in total. The number of nitrogens with one attached hydrogen (secondary N) is 1.